The van der Waals surface area contributed by atoms with Crippen LogP contribution in [0.1, 0.15) is 61.0 Å². The molecule has 53 heavy (non-hydrogen) atoms. The van der Waals surface area contributed by atoms with Gasteiger partial charge in [-0.25, -0.2) is 0 Å². The van der Waals surface area contributed by atoms with E-state index in [1.807, 2.05) is 56.3 Å². The maximum Gasteiger partial charge on any atom is 0.257 e. The van der Waals surface area contributed by atoms with Gasteiger partial charge in [-0.1, -0.05) is 68.4 Å². The van der Waals surface area contributed by atoms with Gasteiger partial charge in [-0.3, -0.25) is 24.0 Å². The van der Waals surface area contributed by atoms with Crippen LogP contribution in [0.2, 0.25) is 0 Å². The molecule has 1 fully saturated rings. The molecule has 3 aliphatic rings. The molecule has 2 bridgehead atoms. The second-order valence-electron chi connectivity index (χ2n) is 14.0. The summed E-state index contributed by atoms with van der Waals surface area (Å²) in [6, 6.07) is 21.2. The molecule has 3 atom stereocenters. The maximum atomic E-state index is 14.3. The zero-order chi connectivity index (χ0) is 37.7. The molecule has 0 aromatic heterocycles. The lowest BCUT2D eigenvalue weighted by molar-refractivity contribution is -0.147. The molecule has 3 aliphatic heterocycles. The number of fused-ring (bicyclic) bond motifs is 18. The third kappa shape index (κ3) is 10.8. The Morgan fingerprint density at radius 3 is 2.30 bits per heavy atom. The fraction of sp³-hybridized carbons (Fsp3) is 0.439. The Labute approximate surface area is 311 Å². The number of hydrogen-bond acceptors (Lipinski definition) is 7. The van der Waals surface area contributed by atoms with Crippen LogP contribution in [-0.4, -0.2) is 97.4 Å². The molecular weight excluding hydrogens is 674 g/mol. The molecule has 0 unspecified atom stereocenters. The van der Waals surface area contributed by atoms with Gasteiger partial charge in [0, 0.05) is 33.1 Å². The summed E-state index contributed by atoms with van der Waals surface area (Å²) < 4.78 is 11.6. The average molecular weight is 726 g/mol. The van der Waals surface area contributed by atoms with E-state index in [4.69, 9.17) is 9.47 Å². The van der Waals surface area contributed by atoms with Gasteiger partial charge in [0.05, 0.1) is 12.2 Å². The summed E-state index contributed by atoms with van der Waals surface area (Å²) in [7, 11) is 1.62. The van der Waals surface area contributed by atoms with Crippen molar-refractivity contribution in [3.8, 4) is 11.5 Å². The molecule has 12 heteroatoms. The number of para-hydroxylation sites is 1. The number of nitrogens with one attached hydrogen (secondary N) is 3. The number of hydrogen-bond donors (Lipinski definition) is 3. The topological polar surface area (TPSA) is 146 Å². The zero-order valence-electron chi connectivity index (χ0n) is 30.8. The van der Waals surface area contributed by atoms with Crippen LogP contribution < -0.4 is 25.4 Å². The standard InChI is InChI=1S/C41H51N5O7/c1-28(2)25-33-40(50)46-23-9-14-34(46)41(51)45(3)35(26-30-11-5-4-6-12-30)39(49)43-22-20-29-16-18-31(19-17-29)53-27-37(47)42-21-10-24-52-36-15-8-7-13-32(36)38(48)44-33/h4-8,11-13,15-19,28,33-35H,9-10,14,20-27H2,1-3H3,(H,42,47)(H,43,49)(H,44,48)/t33-,34-,35+/m1/s1. The van der Waals surface area contributed by atoms with Gasteiger partial charge in [-0.05, 0) is 73.4 Å². The molecule has 6 rings (SSSR count). The Hall–Kier alpha value is -5.39. The van der Waals surface area contributed by atoms with E-state index in [1.165, 1.54) is 4.90 Å². The SMILES string of the molecule is CC(C)C[C@H]1NC(=O)c2ccccc2OCCCNC(=O)COc2ccc(cc2)CCNC(=O)[C@H](Cc2ccccc2)N(C)C(=O)[C@H]2CCCN2C1=O. The van der Waals surface area contributed by atoms with Crippen molar-refractivity contribution in [3.63, 3.8) is 0 Å². The summed E-state index contributed by atoms with van der Waals surface area (Å²) in [4.78, 5) is 71.5. The fourth-order valence-electron chi connectivity index (χ4n) is 6.71. The molecule has 0 radical (unpaired) electrons. The van der Waals surface area contributed by atoms with E-state index >= 15 is 0 Å². The van der Waals surface area contributed by atoms with Gasteiger partial charge in [-0.2, -0.15) is 0 Å². The van der Waals surface area contributed by atoms with Crippen LogP contribution in [0.5, 0.6) is 11.5 Å². The number of benzene rings is 3. The summed E-state index contributed by atoms with van der Waals surface area (Å²) in [5, 5.41) is 8.78. The number of amides is 5. The number of ether oxygens (including phenoxy) is 2. The van der Waals surface area contributed by atoms with Gasteiger partial charge >= 0.3 is 0 Å². The Kier molecular flexibility index (Phi) is 13.9. The van der Waals surface area contributed by atoms with Gasteiger partial charge in [0.2, 0.25) is 17.7 Å². The van der Waals surface area contributed by atoms with Crippen molar-refractivity contribution in [3.05, 3.63) is 95.6 Å². The highest BCUT2D eigenvalue weighted by Crippen LogP contribution is 2.25. The highest BCUT2D eigenvalue weighted by molar-refractivity contribution is 6.00. The second-order valence-corrected chi connectivity index (χ2v) is 14.0. The fourth-order valence-corrected chi connectivity index (χ4v) is 6.71. The molecule has 3 N–H and O–H groups in total. The smallest absolute Gasteiger partial charge is 0.257 e. The van der Waals surface area contributed by atoms with Gasteiger partial charge in [-0.15, -0.1) is 0 Å². The molecule has 282 valence electrons. The normalized spacial score (nSPS) is 21.4. The lowest BCUT2D eigenvalue weighted by Crippen LogP contribution is -2.57. The summed E-state index contributed by atoms with van der Waals surface area (Å²) >= 11 is 0. The Bertz CT molecular complexity index is 1720. The van der Waals surface area contributed by atoms with E-state index in [9.17, 15) is 24.0 Å². The second kappa shape index (κ2) is 18.9. The van der Waals surface area contributed by atoms with E-state index in [0.29, 0.717) is 69.7 Å². The van der Waals surface area contributed by atoms with Crippen LogP contribution in [-0.2, 0) is 32.0 Å². The van der Waals surface area contributed by atoms with Gasteiger partial charge < -0.3 is 35.2 Å². The molecular formula is C41H51N5O7. The zero-order valence-corrected chi connectivity index (χ0v) is 30.8. The summed E-state index contributed by atoms with van der Waals surface area (Å²) in [5.74, 6) is -0.718. The largest absolute Gasteiger partial charge is 0.493 e. The number of carbonyl (C=O) groups is 5. The summed E-state index contributed by atoms with van der Waals surface area (Å²) in [6.45, 7) is 5.10. The first kappa shape index (κ1) is 38.8. The highest BCUT2D eigenvalue weighted by atomic mass is 16.5. The van der Waals surface area contributed by atoms with Crippen molar-refractivity contribution in [2.75, 3.05) is 39.9 Å². The minimum absolute atomic E-state index is 0.0669. The maximum absolute atomic E-state index is 14.3. The molecule has 3 aromatic rings. The summed E-state index contributed by atoms with van der Waals surface area (Å²) in [6.07, 6.45) is 2.77. The minimum Gasteiger partial charge on any atom is -0.493 e. The van der Waals surface area contributed by atoms with Crippen LogP contribution in [0.3, 0.4) is 0 Å². The third-order valence-corrected chi connectivity index (χ3v) is 9.56. The first-order valence-corrected chi connectivity index (χ1v) is 18.5. The van der Waals surface area contributed by atoms with E-state index in [0.717, 1.165) is 11.1 Å². The third-order valence-electron chi connectivity index (χ3n) is 9.56. The molecule has 0 spiro atoms. The van der Waals surface area contributed by atoms with Crippen LogP contribution in [0.15, 0.2) is 78.9 Å². The molecule has 0 aliphatic carbocycles. The molecule has 0 saturated carbocycles. The van der Waals surface area contributed by atoms with E-state index < -0.39 is 24.0 Å². The monoisotopic (exact) mass is 725 g/mol. The van der Waals surface area contributed by atoms with Gasteiger partial charge in [0.1, 0.15) is 29.6 Å². The number of nitrogens with zero attached hydrogens (tertiary/aromatic N) is 2. The Morgan fingerprint density at radius 2 is 1.55 bits per heavy atom. The van der Waals surface area contributed by atoms with Crippen molar-refractivity contribution < 1.29 is 33.4 Å². The molecule has 3 heterocycles. The Morgan fingerprint density at radius 1 is 0.811 bits per heavy atom. The lowest BCUT2D eigenvalue weighted by Gasteiger charge is -2.34. The van der Waals surface area contributed by atoms with Crippen molar-refractivity contribution in [2.24, 2.45) is 5.92 Å². The van der Waals surface area contributed by atoms with E-state index in [2.05, 4.69) is 16.0 Å². The molecule has 12 nitrogen and oxygen atoms in total. The lowest BCUT2D eigenvalue weighted by atomic mass is 10.0. The number of rotatable bonds is 4. The molecule has 1 saturated heterocycles. The highest BCUT2D eigenvalue weighted by Gasteiger charge is 2.41. The predicted octanol–water partition coefficient (Wildman–Crippen LogP) is 3.53. The number of carbonyl (C=O) groups excluding carboxylic acids is 5. The summed E-state index contributed by atoms with van der Waals surface area (Å²) in [5.41, 5.74) is 2.14. The first-order valence-electron chi connectivity index (χ1n) is 18.5. The predicted molar refractivity (Wildman–Crippen MR) is 200 cm³/mol. The van der Waals surface area contributed by atoms with Gasteiger partial charge in [0.25, 0.3) is 11.8 Å². The van der Waals surface area contributed by atoms with Crippen LogP contribution >= 0.6 is 0 Å². The average Bonchev–Trinajstić information content (AvgIpc) is 3.65. The van der Waals surface area contributed by atoms with Crippen molar-refractivity contribution in [1.82, 2.24) is 25.8 Å². The van der Waals surface area contributed by atoms with Crippen molar-refractivity contribution >= 4 is 29.5 Å². The van der Waals surface area contributed by atoms with Crippen molar-refractivity contribution in [2.45, 2.75) is 70.5 Å². The Balaban J connectivity index is 1.41. The van der Waals surface area contributed by atoms with Crippen molar-refractivity contribution in [1.29, 1.82) is 0 Å². The van der Waals surface area contributed by atoms with E-state index in [-0.39, 0.29) is 48.3 Å². The quantitative estimate of drug-likeness (QED) is 0.373. The van der Waals surface area contributed by atoms with E-state index in [1.54, 1.807) is 48.3 Å². The van der Waals surface area contributed by atoms with Crippen LogP contribution in [0.25, 0.3) is 0 Å². The minimum atomic E-state index is -0.883. The molecule has 3 aromatic carbocycles. The number of likely N-dealkylation sites (N-methyl/N-ethyl adjacent to an activating group) is 1. The van der Waals surface area contributed by atoms with Gasteiger partial charge in [0.15, 0.2) is 6.61 Å². The molecule has 5 amide bonds. The van der Waals surface area contributed by atoms with Crippen LogP contribution in [0.4, 0.5) is 0 Å². The first-order chi connectivity index (χ1) is 25.6. The van der Waals surface area contributed by atoms with Crippen LogP contribution in [0, 0.1) is 5.92 Å².